The number of rotatable bonds is 5. The van der Waals surface area contributed by atoms with Gasteiger partial charge in [-0.05, 0) is 35.3 Å². The average molecular weight is 328 g/mol. The third-order valence-electron chi connectivity index (χ3n) is 2.85. The molecule has 0 aliphatic rings. The zero-order chi connectivity index (χ0) is 13.1. The number of aromatic nitrogens is 2. The minimum absolute atomic E-state index is 0.881. The monoisotopic (exact) mass is 327 g/mol. The molecule has 5 heteroatoms. The first kappa shape index (κ1) is 13.8. The third-order valence-corrected chi connectivity index (χ3v) is 4.99. The number of aryl methyl sites for hydroxylation is 3. The normalized spacial score (nSPS) is 11.1. The van der Waals surface area contributed by atoms with Crippen LogP contribution in [-0.4, -0.2) is 9.78 Å². The molecular formula is C13H18BrN3S. The molecule has 1 N–H and O–H groups in total. The van der Waals surface area contributed by atoms with Crippen LogP contribution in [0, 0.1) is 6.92 Å². The highest BCUT2D eigenvalue weighted by Crippen LogP contribution is 2.26. The molecule has 3 nitrogen and oxygen atoms in total. The van der Waals surface area contributed by atoms with Crippen molar-refractivity contribution in [3.05, 3.63) is 37.7 Å². The molecule has 0 unspecified atom stereocenters. The number of nitrogens with zero attached hydrogens (tertiary/aromatic N) is 2. The Labute approximate surface area is 120 Å². The van der Waals surface area contributed by atoms with Gasteiger partial charge in [0.1, 0.15) is 0 Å². The van der Waals surface area contributed by atoms with Crippen molar-refractivity contribution < 1.29 is 0 Å². The first-order valence-electron chi connectivity index (χ1n) is 6.07. The maximum atomic E-state index is 4.44. The molecule has 0 fully saturated rings. The van der Waals surface area contributed by atoms with Crippen LogP contribution in [0.2, 0.25) is 0 Å². The van der Waals surface area contributed by atoms with Crippen molar-refractivity contribution in [3.63, 3.8) is 0 Å². The standard InChI is InChI=1S/C13H18BrN3S/c1-4-13-10(8-17(3)16-13)6-15-7-11-5-12(14)9(2)18-11/h5,8,15H,4,6-7H2,1-3H3. The van der Waals surface area contributed by atoms with Gasteiger partial charge in [0.2, 0.25) is 0 Å². The Bertz CT molecular complexity index is 511. The lowest BCUT2D eigenvalue weighted by Gasteiger charge is -2.02. The summed E-state index contributed by atoms with van der Waals surface area (Å²) in [6, 6.07) is 2.19. The largest absolute Gasteiger partial charge is 0.308 e. The van der Waals surface area contributed by atoms with Gasteiger partial charge < -0.3 is 5.32 Å². The highest BCUT2D eigenvalue weighted by atomic mass is 79.9. The molecule has 0 aromatic carbocycles. The highest BCUT2D eigenvalue weighted by Gasteiger charge is 2.06. The third kappa shape index (κ3) is 3.22. The van der Waals surface area contributed by atoms with Crippen molar-refractivity contribution in [2.45, 2.75) is 33.4 Å². The van der Waals surface area contributed by atoms with Gasteiger partial charge in [-0.15, -0.1) is 11.3 Å². The van der Waals surface area contributed by atoms with Crippen LogP contribution in [0.5, 0.6) is 0 Å². The lowest BCUT2D eigenvalue weighted by atomic mass is 10.2. The van der Waals surface area contributed by atoms with E-state index in [0.717, 1.165) is 19.5 Å². The van der Waals surface area contributed by atoms with Crippen LogP contribution in [0.4, 0.5) is 0 Å². The number of hydrogen-bond acceptors (Lipinski definition) is 3. The van der Waals surface area contributed by atoms with Gasteiger partial charge in [-0.25, -0.2) is 0 Å². The predicted molar refractivity (Wildman–Crippen MR) is 79.9 cm³/mol. The maximum Gasteiger partial charge on any atom is 0.0666 e. The summed E-state index contributed by atoms with van der Waals surface area (Å²) in [5, 5.41) is 7.93. The van der Waals surface area contributed by atoms with E-state index >= 15 is 0 Å². The minimum atomic E-state index is 0.881. The Morgan fingerprint density at radius 3 is 2.83 bits per heavy atom. The van der Waals surface area contributed by atoms with Gasteiger partial charge in [-0.1, -0.05) is 6.92 Å². The smallest absolute Gasteiger partial charge is 0.0666 e. The lowest BCUT2D eigenvalue weighted by molar-refractivity contribution is 0.695. The number of thiophene rings is 1. The topological polar surface area (TPSA) is 29.9 Å². The molecular weight excluding hydrogens is 310 g/mol. The molecule has 2 aromatic heterocycles. The highest BCUT2D eigenvalue weighted by molar-refractivity contribution is 9.10. The van der Waals surface area contributed by atoms with Crippen LogP contribution >= 0.6 is 27.3 Å². The van der Waals surface area contributed by atoms with Crippen LogP contribution < -0.4 is 5.32 Å². The molecule has 2 aromatic rings. The zero-order valence-corrected chi connectivity index (χ0v) is 13.4. The van der Waals surface area contributed by atoms with E-state index in [1.807, 2.05) is 23.1 Å². The molecule has 0 aliphatic heterocycles. The molecule has 0 amide bonds. The molecule has 2 heterocycles. The van der Waals surface area contributed by atoms with E-state index in [0.29, 0.717) is 0 Å². The summed E-state index contributed by atoms with van der Waals surface area (Å²) in [4.78, 5) is 2.70. The Morgan fingerprint density at radius 1 is 1.44 bits per heavy atom. The van der Waals surface area contributed by atoms with Gasteiger partial charge in [0.15, 0.2) is 0 Å². The fourth-order valence-corrected chi connectivity index (χ4v) is 3.53. The molecule has 0 saturated carbocycles. The van der Waals surface area contributed by atoms with Crippen molar-refractivity contribution in [2.75, 3.05) is 0 Å². The molecule has 0 aliphatic carbocycles. The van der Waals surface area contributed by atoms with Crippen LogP contribution in [0.15, 0.2) is 16.7 Å². The van der Waals surface area contributed by atoms with E-state index in [4.69, 9.17) is 0 Å². The second-order valence-corrected chi connectivity index (χ2v) is 6.54. The fourth-order valence-electron chi connectivity index (χ4n) is 1.95. The summed E-state index contributed by atoms with van der Waals surface area (Å²) in [7, 11) is 1.97. The zero-order valence-electron chi connectivity index (χ0n) is 11.0. The van der Waals surface area contributed by atoms with E-state index in [9.17, 15) is 0 Å². The van der Waals surface area contributed by atoms with E-state index in [1.165, 1.54) is 25.5 Å². The van der Waals surface area contributed by atoms with Crippen LogP contribution in [-0.2, 0) is 26.6 Å². The van der Waals surface area contributed by atoms with Gasteiger partial charge in [0, 0.05) is 46.1 Å². The van der Waals surface area contributed by atoms with Crippen molar-refractivity contribution >= 4 is 27.3 Å². The Kier molecular flexibility index (Phi) is 4.59. The van der Waals surface area contributed by atoms with Crippen molar-refractivity contribution in [1.82, 2.24) is 15.1 Å². The van der Waals surface area contributed by atoms with Crippen molar-refractivity contribution in [1.29, 1.82) is 0 Å². The van der Waals surface area contributed by atoms with Gasteiger partial charge in [-0.2, -0.15) is 5.10 Å². The molecule has 0 atom stereocenters. The summed E-state index contributed by atoms with van der Waals surface area (Å²) >= 11 is 5.38. The molecule has 0 saturated heterocycles. The molecule has 18 heavy (non-hydrogen) atoms. The average Bonchev–Trinajstić information content (AvgIpc) is 2.83. The number of nitrogens with one attached hydrogen (secondary N) is 1. The summed E-state index contributed by atoms with van der Waals surface area (Å²) in [5.74, 6) is 0. The summed E-state index contributed by atoms with van der Waals surface area (Å²) in [6.45, 7) is 6.07. The molecule has 2 rings (SSSR count). The molecule has 0 spiro atoms. The van der Waals surface area contributed by atoms with E-state index < -0.39 is 0 Å². The predicted octanol–water partition coefficient (Wildman–Crippen LogP) is 3.40. The molecule has 0 radical (unpaired) electrons. The van der Waals surface area contributed by atoms with Gasteiger partial charge >= 0.3 is 0 Å². The number of hydrogen-bond donors (Lipinski definition) is 1. The first-order valence-corrected chi connectivity index (χ1v) is 7.68. The lowest BCUT2D eigenvalue weighted by Crippen LogP contribution is -2.12. The van der Waals surface area contributed by atoms with Crippen molar-refractivity contribution in [2.24, 2.45) is 7.05 Å². The van der Waals surface area contributed by atoms with E-state index in [-0.39, 0.29) is 0 Å². The van der Waals surface area contributed by atoms with Crippen LogP contribution in [0.1, 0.15) is 27.9 Å². The Hall–Kier alpha value is -0.650. The van der Waals surface area contributed by atoms with Crippen LogP contribution in [0.3, 0.4) is 0 Å². The Morgan fingerprint density at radius 2 is 2.22 bits per heavy atom. The maximum absolute atomic E-state index is 4.44. The van der Waals surface area contributed by atoms with E-state index in [2.05, 4.69) is 52.5 Å². The summed E-state index contributed by atoms with van der Waals surface area (Å²) in [5.41, 5.74) is 2.49. The van der Waals surface area contributed by atoms with E-state index in [1.54, 1.807) is 0 Å². The van der Waals surface area contributed by atoms with Crippen molar-refractivity contribution in [3.8, 4) is 0 Å². The van der Waals surface area contributed by atoms with Crippen LogP contribution in [0.25, 0.3) is 0 Å². The quantitative estimate of drug-likeness (QED) is 0.912. The number of halogens is 1. The SMILES string of the molecule is CCc1nn(C)cc1CNCc1cc(Br)c(C)s1. The first-order chi connectivity index (χ1) is 8.60. The second kappa shape index (κ2) is 5.99. The Balaban J connectivity index is 1.91. The minimum Gasteiger partial charge on any atom is -0.308 e. The summed E-state index contributed by atoms with van der Waals surface area (Å²) in [6.07, 6.45) is 3.09. The second-order valence-electron chi connectivity index (χ2n) is 4.35. The molecule has 98 valence electrons. The van der Waals surface area contributed by atoms with Gasteiger partial charge in [-0.3, -0.25) is 4.68 Å². The summed E-state index contributed by atoms with van der Waals surface area (Å²) < 4.78 is 3.10. The molecule has 0 bridgehead atoms. The van der Waals surface area contributed by atoms with Gasteiger partial charge in [0.05, 0.1) is 5.69 Å². The fraction of sp³-hybridized carbons (Fsp3) is 0.462. The van der Waals surface area contributed by atoms with Gasteiger partial charge in [0.25, 0.3) is 0 Å².